The molecule has 0 aromatic heterocycles. The summed E-state index contributed by atoms with van der Waals surface area (Å²) in [4.78, 5) is 0. The van der Waals surface area contributed by atoms with E-state index >= 15 is 0 Å². The van der Waals surface area contributed by atoms with E-state index in [0.29, 0.717) is 11.8 Å². The highest BCUT2D eigenvalue weighted by Crippen LogP contribution is 2.52. The third-order valence-electron chi connectivity index (χ3n) is 5.93. The highest BCUT2D eigenvalue weighted by molar-refractivity contribution is 5.82. The average Bonchev–Trinajstić information content (AvgIpc) is 3.33. The lowest BCUT2D eigenvalue weighted by Gasteiger charge is -2.22. The summed E-state index contributed by atoms with van der Waals surface area (Å²) in [6.45, 7) is 2.34. The van der Waals surface area contributed by atoms with Gasteiger partial charge < -0.3 is 0 Å². The number of fused-ring (bicyclic) bond motifs is 3. The second-order valence-corrected chi connectivity index (χ2v) is 7.33. The number of hydrogen-bond acceptors (Lipinski definition) is 0. The van der Waals surface area contributed by atoms with Gasteiger partial charge in [0.1, 0.15) is 0 Å². The first-order chi connectivity index (χ1) is 12.8. The number of rotatable bonds is 3. The molecule has 26 heavy (non-hydrogen) atoms. The van der Waals surface area contributed by atoms with Gasteiger partial charge in [-0.25, -0.2) is 0 Å². The van der Waals surface area contributed by atoms with Gasteiger partial charge in [0, 0.05) is 11.8 Å². The maximum absolute atomic E-state index is 2.34. The van der Waals surface area contributed by atoms with Crippen molar-refractivity contribution in [3.63, 3.8) is 0 Å². The summed E-state index contributed by atoms with van der Waals surface area (Å²) in [5.41, 5.74) is 10.2. The molecule has 0 heteroatoms. The maximum atomic E-state index is 2.34. The third kappa shape index (κ3) is 2.29. The van der Waals surface area contributed by atoms with Gasteiger partial charge in [0.15, 0.2) is 0 Å². The van der Waals surface area contributed by atoms with E-state index in [1.165, 1.54) is 39.0 Å². The van der Waals surface area contributed by atoms with E-state index in [0.717, 1.165) is 6.42 Å². The Morgan fingerprint density at radius 2 is 1.58 bits per heavy atom. The molecular weight excluding hydrogens is 312 g/mol. The van der Waals surface area contributed by atoms with Crippen LogP contribution in [0.5, 0.6) is 0 Å². The number of hydrogen-bond donors (Lipinski definition) is 0. The van der Waals surface area contributed by atoms with Crippen LogP contribution in [-0.2, 0) is 0 Å². The Labute approximate surface area is 155 Å². The molecule has 2 aliphatic carbocycles. The summed E-state index contributed by atoms with van der Waals surface area (Å²) in [7, 11) is 0. The molecule has 3 aromatic rings. The zero-order valence-corrected chi connectivity index (χ0v) is 15.0. The molecule has 0 heterocycles. The van der Waals surface area contributed by atoms with Crippen molar-refractivity contribution in [1.29, 1.82) is 0 Å². The highest BCUT2D eigenvalue weighted by Gasteiger charge is 2.34. The van der Waals surface area contributed by atoms with Gasteiger partial charge in [0.05, 0.1) is 0 Å². The first-order valence-electron chi connectivity index (χ1n) is 9.47. The van der Waals surface area contributed by atoms with Crippen LogP contribution in [0.4, 0.5) is 0 Å². The Morgan fingerprint density at radius 1 is 0.808 bits per heavy atom. The molecule has 2 aliphatic rings. The highest BCUT2D eigenvalue weighted by atomic mass is 14.4. The molecule has 2 unspecified atom stereocenters. The van der Waals surface area contributed by atoms with Crippen molar-refractivity contribution in [2.75, 3.05) is 0 Å². The van der Waals surface area contributed by atoms with Gasteiger partial charge in [-0.05, 0) is 39.8 Å². The van der Waals surface area contributed by atoms with E-state index in [1.807, 2.05) is 0 Å². The number of allylic oxidation sites excluding steroid dienone is 4. The molecule has 0 N–H and O–H groups in total. The van der Waals surface area contributed by atoms with Crippen LogP contribution < -0.4 is 0 Å². The normalized spacial score (nSPS) is 18.3. The van der Waals surface area contributed by atoms with Crippen molar-refractivity contribution in [2.45, 2.75) is 25.2 Å². The van der Waals surface area contributed by atoms with Crippen molar-refractivity contribution in [2.24, 2.45) is 0 Å². The summed E-state index contributed by atoms with van der Waals surface area (Å²) in [6, 6.07) is 26.7. The van der Waals surface area contributed by atoms with Crippen LogP contribution in [0.25, 0.3) is 11.1 Å². The topological polar surface area (TPSA) is 0 Å². The minimum atomic E-state index is 0.387. The van der Waals surface area contributed by atoms with Crippen LogP contribution in [-0.4, -0.2) is 0 Å². The number of benzene rings is 3. The van der Waals surface area contributed by atoms with Crippen molar-refractivity contribution in [1.82, 2.24) is 0 Å². The second kappa shape index (κ2) is 6.14. The standard InChI is InChI=1S/C26H22/c1-18(19-10-3-2-4-11-19)21-16-9-17-24-22-14-7-8-15-23(22)25(26(21)24)20-12-5-6-13-20/h2-12,14-18,25H,13H2,1H3. The van der Waals surface area contributed by atoms with Crippen LogP contribution in [0.2, 0.25) is 0 Å². The Balaban J connectivity index is 1.72. The Hall–Kier alpha value is -2.86. The van der Waals surface area contributed by atoms with Gasteiger partial charge in [-0.15, -0.1) is 0 Å². The van der Waals surface area contributed by atoms with Crippen molar-refractivity contribution < 1.29 is 0 Å². The summed E-state index contributed by atoms with van der Waals surface area (Å²) >= 11 is 0. The van der Waals surface area contributed by atoms with Crippen LogP contribution >= 0.6 is 0 Å². The summed E-state index contributed by atoms with van der Waals surface area (Å²) in [6.07, 6.45) is 7.87. The zero-order valence-electron chi connectivity index (χ0n) is 15.0. The fraction of sp³-hybridized carbons (Fsp3) is 0.154. The minimum Gasteiger partial charge on any atom is -0.0804 e. The maximum Gasteiger partial charge on any atom is 0.0320 e. The fourth-order valence-corrected chi connectivity index (χ4v) is 4.65. The molecule has 0 amide bonds. The molecule has 3 aromatic carbocycles. The third-order valence-corrected chi connectivity index (χ3v) is 5.93. The van der Waals surface area contributed by atoms with Crippen molar-refractivity contribution >= 4 is 0 Å². The molecular formula is C26H22. The average molecular weight is 334 g/mol. The van der Waals surface area contributed by atoms with E-state index in [-0.39, 0.29) is 0 Å². The van der Waals surface area contributed by atoms with E-state index in [1.54, 1.807) is 0 Å². The quantitative estimate of drug-likeness (QED) is 0.492. The van der Waals surface area contributed by atoms with Gasteiger partial charge in [-0.2, -0.15) is 0 Å². The lowest BCUT2D eigenvalue weighted by Crippen LogP contribution is -2.06. The largest absolute Gasteiger partial charge is 0.0804 e. The summed E-state index contributed by atoms with van der Waals surface area (Å²) in [5.74, 6) is 0.775. The molecule has 0 saturated heterocycles. The van der Waals surface area contributed by atoms with Crippen molar-refractivity contribution in [3.05, 3.63) is 119 Å². The summed E-state index contributed by atoms with van der Waals surface area (Å²) in [5, 5.41) is 0. The van der Waals surface area contributed by atoms with Crippen molar-refractivity contribution in [3.8, 4) is 11.1 Å². The van der Waals surface area contributed by atoms with Gasteiger partial charge >= 0.3 is 0 Å². The van der Waals surface area contributed by atoms with Gasteiger partial charge in [-0.1, -0.05) is 104 Å². The van der Waals surface area contributed by atoms with E-state index in [4.69, 9.17) is 0 Å². The molecule has 0 fully saturated rings. The Kier molecular flexibility index (Phi) is 3.64. The molecule has 0 spiro atoms. The molecule has 0 aliphatic heterocycles. The van der Waals surface area contributed by atoms with E-state index in [2.05, 4.69) is 97.9 Å². The molecule has 2 atom stereocenters. The summed E-state index contributed by atoms with van der Waals surface area (Å²) < 4.78 is 0. The zero-order chi connectivity index (χ0) is 17.5. The predicted molar refractivity (Wildman–Crippen MR) is 110 cm³/mol. The SMILES string of the molecule is CC(c1ccccc1)c1cccc2c1C(C1=CC=CC1)c1ccccc1-2. The molecule has 126 valence electrons. The fourth-order valence-electron chi connectivity index (χ4n) is 4.65. The molecule has 0 saturated carbocycles. The minimum absolute atomic E-state index is 0.387. The van der Waals surface area contributed by atoms with E-state index < -0.39 is 0 Å². The van der Waals surface area contributed by atoms with Gasteiger partial charge in [0.25, 0.3) is 0 Å². The van der Waals surface area contributed by atoms with E-state index in [9.17, 15) is 0 Å². The molecule has 5 rings (SSSR count). The van der Waals surface area contributed by atoms with Crippen LogP contribution in [0.15, 0.2) is 96.6 Å². The monoisotopic (exact) mass is 334 g/mol. The Bertz CT molecular complexity index is 1020. The van der Waals surface area contributed by atoms with Gasteiger partial charge in [-0.3, -0.25) is 0 Å². The lowest BCUT2D eigenvalue weighted by molar-refractivity contribution is 0.863. The van der Waals surface area contributed by atoms with Gasteiger partial charge in [0.2, 0.25) is 0 Å². The smallest absolute Gasteiger partial charge is 0.0320 e. The predicted octanol–water partition coefficient (Wildman–Crippen LogP) is 6.84. The second-order valence-electron chi connectivity index (χ2n) is 7.33. The molecule has 0 nitrogen and oxygen atoms in total. The molecule has 0 bridgehead atoms. The van der Waals surface area contributed by atoms with Crippen LogP contribution in [0.1, 0.15) is 47.4 Å². The van der Waals surface area contributed by atoms with Crippen LogP contribution in [0, 0.1) is 0 Å². The first-order valence-corrected chi connectivity index (χ1v) is 9.47. The molecule has 0 radical (unpaired) electrons. The van der Waals surface area contributed by atoms with Crippen LogP contribution in [0.3, 0.4) is 0 Å². The first kappa shape index (κ1) is 15.4. The lowest BCUT2D eigenvalue weighted by atomic mass is 9.81. The Morgan fingerprint density at radius 3 is 2.38 bits per heavy atom.